The zero-order valence-corrected chi connectivity index (χ0v) is 14.7. The minimum absolute atomic E-state index is 0.133. The molecule has 1 aromatic rings. The van der Waals surface area contributed by atoms with Gasteiger partial charge in [0.05, 0.1) is 0 Å². The van der Waals surface area contributed by atoms with Crippen molar-refractivity contribution in [3.8, 4) is 0 Å². The lowest BCUT2D eigenvalue weighted by Gasteiger charge is -2.29. The van der Waals surface area contributed by atoms with Gasteiger partial charge in [-0.2, -0.15) is 0 Å². The van der Waals surface area contributed by atoms with Crippen molar-refractivity contribution in [1.29, 1.82) is 0 Å². The third kappa shape index (κ3) is 3.12. The summed E-state index contributed by atoms with van der Waals surface area (Å²) < 4.78 is 0. The molecule has 3 amide bonds. The lowest BCUT2D eigenvalue weighted by atomic mass is 10.0. The SMILES string of the molecule is N[C@H]1CCC[C@H]1NCc1ccc2c(c1)CN(C1CCC(=O)NC1=O)C2=O. The van der Waals surface area contributed by atoms with Gasteiger partial charge in [-0.1, -0.05) is 18.6 Å². The number of piperidine rings is 1. The van der Waals surface area contributed by atoms with Crippen molar-refractivity contribution >= 4 is 17.7 Å². The first-order valence-corrected chi connectivity index (χ1v) is 9.28. The predicted molar refractivity (Wildman–Crippen MR) is 94.9 cm³/mol. The highest BCUT2D eigenvalue weighted by Crippen LogP contribution is 2.28. The fourth-order valence-corrected chi connectivity index (χ4v) is 4.23. The monoisotopic (exact) mass is 356 g/mol. The van der Waals surface area contributed by atoms with Crippen LogP contribution >= 0.6 is 0 Å². The number of nitrogens with two attached hydrogens (primary N) is 1. The molecule has 26 heavy (non-hydrogen) atoms. The van der Waals surface area contributed by atoms with E-state index in [1.807, 2.05) is 18.2 Å². The van der Waals surface area contributed by atoms with Crippen molar-refractivity contribution in [3.05, 3.63) is 34.9 Å². The zero-order valence-electron chi connectivity index (χ0n) is 14.7. The molecule has 3 aliphatic rings. The van der Waals surface area contributed by atoms with E-state index in [0.717, 1.165) is 30.5 Å². The number of rotatable bonds is 4. The third-order valence-electron chi connectivity index (χ3n) is 5.73. The van der Waals surface area contributed by atoms with Crippen LogP contribution < -0.4 is 16.4 Å². The Morgan fingerprint density at radius 3 is 2.77 bits per heavy atom. The van der Waals surface area contributed by atoms with E-state index < -0.39 is 6.04 Å². The molecule has 1 aromatic carbocycles. The first-order valence-electron chi connectivity index (χ1n) is 9.28. The van der Waals surface area contributed by atoms with E-state index >= 15 is 0 Å². The fourth-order valence-electron chi connectivity index (χ4n) is 4.23. The van der Waals surface area contributed by atoms with Crippen molar-refractivity contribution < 1.29 is 14.4 Å². The van der Waals surface area contributed by atoms with E-state index in [9.17, 15) is 14.4 Å². The molecule has 4 rings (SSSR count). The van der Waals surface area contributed by atoms with Crippen LogP contribution in [0.1, 0.15) is 53.6 Å². The molecule has 2 heterocycles. The number of fused-ring (bicyclic) bond motifs is 1. The van der Waals surface area contributed by atoms with E-state index in [-0.39, 0.29) is 30.2 Å². The van der Waals surface area contributed by atoms with Gasteiger partial charge < -0.3 is 16.0 Å². The molecule has 0 aromatic heterocycles. The highest BCUT2D eigenvalue weighted by molar-refractivity contribution is 6.05. The van der Waals surface area contributed by atoms with Crippen LogP contribution in [0.3, 0.4) is 0 Å². The Bertz CT molecular complexity index is 763. The van der Waals surface area contributed by atoms with Gasteiger partial charge in [-0.25, -0.2) is 0 Å². The van der Waals surface area contributed by atoms with Crippen molar-refractivity contribution in [1.82, 2.24) is 15.5 Å². The molecule has 0 bridgehead atoms. The van der Waals surface area contributed by atoms with Gasteiger partial charge >= 0.3 is 0 Å². The van der Waals surface area contributed by atoms with Gasteiger partial charge in [0, 0.05) is 37.2 Å². The summed E-state index contributed by atoms with van der Waals surface area (Å²) in [7, 11) is 0. The molecule has 138 valence electrons. The topological polar surface area (TPSA) is 105 Å². The van der Waals surface area contributed by atoms with Crippen molar-refractivity contribution in [3.63, 3.8) is 0 Å². The van der Waals surface area contributed by atoms with Crippen LogP contribution in [0.15, 0.2) is 18.2 Å². The molecule has 0 radical (unpaired) electrons. The smallest absolute Gasteiger partial charge is 0.255 e. The highest BCUT2D eigenvalue weighted by atomic mass is 16.2. The Balaban J connectivity index is 1.44. The number of nitrogens with zero attached hydrogens (tertiary/aromatic N) is 1. The van der Waals surface area contributed by atoms with Crippen LogP contribution in [0.5, 0.6) is 0 Å². The van der Waals surface area contributed by atoms with Crippen LogP contribution in [0.2, 0.25) is 0 Å². The minimum Gasteiger partial charge on any atom is -0.326 e. The van der Waals surface area contributed by atoms with Gasteiger partial charge in [0.1, 0.15) is 6.04 Å². The molecule has 1 saturated carbocycles. The van der Waals surface area contributed by atoms with Gasteiger partial charge in [-0.3, -0.25) is 19.7 Å². The van der Waals surface area contributed by atoms with Crippen molar-refractivity contribution in [2.24, 2.45) is 5.73 Å². The van der Waals surface area contributed by atoms with E-state index in [0.29, 0.717) is 24.6 Å². The molecule has 7 nitrogen and oxygen atoms in total. The lowest BCUT2D eigenvalue weighted by Crippen LogP contribution is -2.52. The number of carbonyl (C=O) groups excluding carboxylic acids is 3. The maximum atomic E-state index is 12.7. The Labute approximate surface area is 152 Å². The second-order valence-corrected chi connectivity index (χ2v) is 7.47. The molecule has 2 aliphatic heterocycles. The van der Waals surface area contributed by atoms with Gasteiger partial charge in [0.15, 0.2) is 0 Å². The maximum absolute atomic E-state index is 12.7. The molecule has 7 heteroatoms. The first kappa shape index (κ1) is 17.2. The molecule has 1 aliphatic carbocycles. The number of carbonyl (C=O) groups is 3. The quantitative estimate of drug-likeness (QED) is 0.678. The molecule has 4 N–H and O–H groups in total. The molecular formula is C19H24N4O3. The summed E-state index contributed by atoms with van der Waals surface area (Å²) >= 11 is 0. The van der Waals surface area contributed by atoms with Gasteiger partial charge in [0.2, 0.25) is 11.8 Å². The second kappa shape index (κ2) is 6.81. The van der Waals surface area contributed by atoms with Gasteiger partial charge in [-0.05, 0) is 36.5 Å². The van der Waals surface area contributed by atoms with Gasteiger partial charge in [0.25, 0.3) is 5.91 Å². The van der Waals surface area contributed by atoms with E-state index in [1.165, 1.54) is 6.42 Å². The number of hydrogen-bond acceptors (Lipinski definition) is 5. The predicted octanol–water partition coefficient (Wildman–Crippen LogP) is 0.417. The Hall–Kier alpha value is -2.25. The van der Waals surface area contributed by atoms with E-state index in [4.69, 9.17) is 5.73 Å². The number of hydrogen-bond donors (Lipinski definition) is 3. The Morgan fingerprint density at radius 1 is 1.19 bits per heavy atom. The maximum Gasteiger partial charge on any atom is 0.255 e. The molecule has 2 fully saturated rings. The standard InChI is InChI=1S/C19H24N4O3/c20-14-2-1-3-15(14)21-9-11-4-5-13-12(8-11)10-23(19(13)26)16-6-7-17(24)22-18(16)25/h4-5,8,14-16,21H,1-3,6-7,9-10,20H2,(H,22,24,25)/t14-,15+,16?/m0/s1. The molecular weight excluding hydrogens is 332 g/mol. The molecule has 1 unspecified atom stereocenters. The second-order valence-electron chi connectivity index (χ2n) is 7.47. The summed E-state index contributed by atoms with van der Waals surface area (Å²) in [6.07, 6.45) is 4.00. The van der Waals surface area contributed by atoms with Gasteiger partial charge in [-0.15, -0.1) is 0 Å². The summed E-state index contributed by atoms with van der Waals surface area (Å²) in [6.45, 7) is 1.13. The normalized spacial score (nSPS) is 28.4. The van der Waals surface area contributed by atoms with E-state index in [1.54, 1.807) is 4.90 Å². The molecule has 1 saturated heterocycles. The summed E-state index contributed by atoms with van der Waals surface area (Å²) in [5.41, 5.74) is 8.80. The third-order valence-corrected chi connectivity index (χ3v) is 5.73. The highest BCUT2D eigenvalue weighted by Gasteiger charge is 2.39. The molecule has 0 spiro atoms. The number of imide groups is 1. The number of nitrogens with one attached hydrogen (secondary N) is 2. The minimum atomic E-state index is -0.564. The Morgan fingerprint density at radius 2 is 2.04 bits per heavy atom. The number of amides is 3. The Kier molecular flexibility index (Phi) is 4.50. The average molecular weight is 356 g/mol. The van der Waals surface area contributed by atoms with Crippen LogP contribution in [-0.2, 0) is 22.7 Å². The summed E-state index contributed by atoms with van der Waals surface area (Å²) in [5, 5.41) is 5.84. The summed E-state index contributed by atoms with van der Waals surface area (Å²) in [6, 6.07) is 5.84. The zero-order chi connectivity index (χ0) is 18.3. The van der Waals surface area contributed by atoms with Crippen molar-refractivity contribution in [2.75, 3.05) is 0 Å². The van der Waals surface area contributed by atoms with Crippen LogP contribution in [0.25, 0.3) is 0 Å². The molecule has 3 atom stereocenters. The largest absolute Gasteiger partial charge is 0.326 e. The lowest BCUT2D eigenvalue weighted by molar-refractivity contribution is -0.136. The van der Waals surface area contributed by atoms with Crippen LogP contribution in [0.4, 0.5) is 0 Å². The average Bonchev–Trinajstić information content (AvgIpc) is 3.16. The number of benzene rings is 1. The van der Waals surface area contributed by atoms with Crippen molar-refractivity contribution in [2.45, 2.75) is 63.3 Å². The fraction of sp³-hybridized carbons (Fsp3) is 0.526. The van der Waals surface area contributed by atoms with E-state index in [2.05, 4.69) is 10.6 Å². The van der Waals surface area contributed by atoms with Crippen LogP contribution in [0, 0.1) is 0 Å². The summed E-state index contributed by atoms with van der Waals surface area (Å²) in [4.78, 5) is 37.7. The first-order chi connectivity index (χ1) is 12.5. The summed E-state index contributed by atoms with van der Waals surface area (Å²) in [5.74, 6) is -0.778. The van der Waals surface area contributed by atoms with Crippen LogP contribution in [-0.4, -0.2) is 40.7 Å².